The van der Waals surface area contributed by atoms with E-state index in [1.165, 1.54) is 7.11 Å². The maximum absolute atomic E-state index is 12.9. The molecular formula is C18H23N7O3. The van der Waals surface area contributed by atoms with E-state index in [9.17, 15) is 9.59 Å². The number of ether oxygens (including phenoxy) is 1. The van der Waals surface area contributed by atoms with Crippen molar-refractivity contribution in [2.45, 2.75) is 51.2 Å². The molecule has 148 valence electrons. The van der Waals surface area contributed by atoms with Gasteiger partial charge in [-0.25, -0.2) is 4.98 Å². The van der Waals surface area contributed by atoms with Gasteiger partial charge in [-0.05, 0) is 25.8 Å². The Morgan fingerprint density at radius 2 is 2.14 bits per heavy atom. The second-order valence-corrected chi connectivity index (χ2v) is 7.18. The van der Waals surface area contributed by atoms with Crippen LogP contribution in [0, 0.1) is 0 Å². The van der Waals surface area contributed by atoms with Crippen LogP contribution in [-0.4, -0.2) is 50.0 Å². The topological polar surface area (TPSA) is 139 Å². The summed E-state index contributed by atoms with van der Waals surface area (Å²) in [5, 5.41) is 9.23. The molecule has 0 radical (unpaired) electrons. The number of hydrogen-bond donors (Lipinski definition) is 3. The summed E-state index contributed by atoms with van der Waals surface area (Å²) < 4.78 is 5.32. The lowest BCUT2D eigenvalue weighted by atomic mass is 10.1. The fourth-order valence-corrected chi connectivity index (χ4v) is 3.88. The summed E-state index contributed by atoms with van der Waals surface area (Å²) in [6.45, 7) is 2.21. The highest BCUT2D eigenvalue weighted by Gasteiger charge is 2.36. The van der Waals surface area contributed by atoms with Crippen LogP contribution in [0.15, 0.2) is 6.07 Å². The van der Waals surface area contributed by atoms with E-state index in [1.807, 2.05) is 4.90 Å². The van der Waals surface area contributed by atoms with Crippen LogP contribution >= 0.6 is 0 Å². The molecule has 0 spiro atoms. The van der Waals surface area contributed by atoms with Crippen molar-refractivity contribution in [3.8, 4) is 5.88 Å². The highest BCUT2D eigenvalue weighted by atomic mass is 16.5. The van der Waals surface area contributed by atoms with Crippen molar-refractivity contribution in [2.75, 3.05) is 12.8 Å². The number of carbonyl (C=O) groups is 2. The van der Waals surface area contributed by atoms with Gasteiger partial charge in [0.25, 0.3) is 11.8 Å². The van der Waals surface area contributed by atoms with Crippen LogP contribution < -0.4 is 15.8 Å². The highest BCUT2D eigenvalue weighted by molar-refractivity contribution is 6.03. The third-order valence-corrected chi connectivity index (χ3v) is 5.36. The lowest BCUT2D eigenvalue weighted by Crippen LogP contribution is -2.33. The molecule has 3 heterocycles. The predicted octanol–water partition coefficient (Wildman–Crippen LogP) is 1.18. The number of nitrogen functional groups attached to an aromatic ring is 1. The van der Waals surface area contributed by atoms with E-state index < -0.39 is 11.9 Å². The van der Waals surface area contributed by atoms with Crippen molar-refractivity contribution in [3.63, 3.8) is 0 Å². The summed E-state index contributed by atoms with van der Waals surface area (Å²) in [7, 11) is 1.46. The number of carbonyl (C=O) groups excluding carboxylic acids is 2. The minimum absolute atomic E-state index is 0.0674. The Bertz CT molecular complexity index is 920. The van der Waals surface area contributed by atoms with Gasteiger partial charge in [0.05, 0.1) is 31.0 Å². The van der Waals surface area contributed by atoms with Gasteiger partial charge in [-0.15, -0.1) is 5.10 Å². The molecule has 2 amide bonds. The molecule has 10 nitrogen and oxygen atoms in total. The molecular weight excluding hydrogens is 362 g/mol. The molecule has 1 atom stereocenters. The average Bonchev–Trinajstić information content (AvgIpc) is 3.41. The Morgan fingerprint density at radius 3 is 2.79 bits per heavy atom. The van der Waals surface area contributed by atoms with E-state index in [4.69, 9.17) is 10.5 Å². The number of aromatic nitrogens is 4. The van der Waals surface area contributed by atoms with Crippen molar-refractivity contribution in [3.05, 3.63) is 28.7 Å². The van der Waals surface area contributed by atoms with Crippen LogP contribution in [0.3, 0.4) is 0 Å². The first-order valence-electron chi connectivity index (χ1n) is 9.35. The van der Waals surface area contributed by atoms with Gasteiger partial charge in [0.2, 0.25) is 11.8 Å². The van der Waals surface area contributed by atoms with Gasteiger partial charge in [-0.3, -0.25) is 14.7 Å². The molecule has 2 aromatic heterocycles. The molecule has 4 N–H and O–H groups in total. The van der Waals surface area contributed by atoms with Gasteiger partial charge in [0.15, 0.2) is 0 Å². The molecule has 2 aliphatic rings. The highest BCUT2D eigenvalue weighted by Crippen LogP contribution is 2.33. The standard InChI is InChI=1S/C18H23N7O3/c1-9(14-22-18(19)24-23-14)20-15(26)12-7-11-13(21-16(12)28-2)8-25(17(11)27)10-5-3-4-6-10/h7,9-10H,3-6,8H2,1-2H3,(H,20,26)(H3,19,22,23,24)/t9-/m1/s1. The lowest BCUT2D eigenvalue weighted by Gasteiger charge is -2.22. The number of pyridine rings is 1. The minimum Gasteiger partial charge on any atom is -0.480 e. The van der Waals surface area contributed by atoms with Crippen LogP contribution in [0.1, 0.15) is 70.9 Å². The quantitative estimate of drug-likeness (QED) is 0.702. The molecule has 10 heteroatoms. The summed E-state index contributed by atoms with van der Waals surface area (Å²) in [6.07, 6.45) is 4.31. The molecule has 1 fully saturated rings. The maximum atomic E-state index is 12.9. The molecule has 28 heavy (non-hydrogen) atoms. The van der Waals surface area contributed by atoms with Crippen molar-refractivity contribution in [1.82, 2.24) is 30.4 Å². The van der Waals surface area contributed by atoms with E-state index >= 15 is 0 Å². The van der Waals surface area contributed by atoms with E-state index in [0.29, 0.717) is 23.6 Å². The number of H-pyrrole nitrogens is 1. The Kier molecular flexibility index (Phi) is 4.62. The number of nitrogens with two attached hydrogens (primary N) is 1. The Hall–Kier alpha value is -3.17. The first-order valence-corrected chi connectivity index (χ1v) is 9.35. The van der Waals surface area contributed by atoms with E-state index in [2.05, 4.69) is 25.5 Å². The smallest absolute Gasteiger partial charge is 0.257 e. The fourth-order valence-electron chi connectivity index (χ4n) is 3.88. The first kappa shape index (κ1) is 18.2. The number of hydrogen-bond acceptors (Lipinski definition) is 7. The monoisotopic (exact) mass is 385 g/mol. The SMILES string of the molecule is COc1nc2c(cc1C(=O)N[C@H](C)c1nc(N)n[nH]1)C(=O)N(C1CCCC1)C2. The molecule has 0 unspecified atom stereocenters. The molecule has 1 aliphatic carbocycles. The summed E-state index contributed by atoms with van der Waals surface area (Å²) >= 11 is 0. The van der Waals surface area contributed by atoms with Gasteiger partial charge in [-0.2, -0.15) is 4.98 Å². The van der Waals surface area contributed by atoms with Crippen molar-refractivity contribution in [1.29, 1.82) is 0 Å². The van der Waals surface area contributed by atoms with Gasteiger partial charge in [0.1, 0.15) is 11.4 Å². The maximum Gasteiger partial charge on any atom is 0.257 e. The third kappa shape index (κ3) is 3.14. The van der Waals surface area contributed by atoms with E-state index in [-0.39, 0.29) is 29.3 Å². The number of methoxy groups -OCH3 is 1. The normalized spacial score (nSPS) is 17.6. The third-order valence-electron chi connectivity index (χ3n) is 5.36. The summed E-state index contributed by atoms with van der Waals surface area (Å²) in [5.41, 5.74) is 6.84. The average molecular weight is 385 g/mol. The predicted molar refractivity (Wildman–Crippen MR) is 99.6 cm³/mol. The van der Waals surface area contributed by atoms with Crippen molar-refractivity contribution < 1.29 is 14.3 Å². The molecule has 0 bridgehead atoms. The van der Waals surface area contributed by atoms with Crippen LogP contribution in [0.4, 0.5) is 5.95 Å². The second-order valence-electron chi connectivity index (χ2n) is 7.18. The number of fused-ring (bicyclic) bond motifs is 1. The zero-order valence-electron chi connectivity index (χ0n) is 15.9. The van der Waals surface area contributed by atoms with E-state index in [0.717, 1.165) is 25.7 Å². The zero-order valence-corrected chi connectivity index (χ0v) is 15.9. The summed E-state index contributed by atoms with van der Waals surface area (Å²) in [5.74, 6) is 0.249. The number of amides is 2. The van der Waals surface area contributed by atoms with Crippen molar-refractivity contribution >= 4 is 17.8 Å². The minimum atomic E-state index is -0.457. The lowest BCUT2D eigenvalue weighted by molar-refractivity contribution is 0.0706. The largest absolute Gasteiger partial charge is 0.480 e. The molecule has 0 saturated heterocycles. The molecule has 1 aliphatic heterocycles. The van der Waals surface area contributed by atoms with Gasteiger partial charge < -0.3 is 20.7 Å². The Labute approximate surface area is 161 Å². The zero-order chi connectivity index (χ0) is 19.8. The molecule has 0 aromatic carbocycles. The number of aromatic amines is 1. The first-order chi connectivity index (χ1) is 13.5. The summed E-state index contributed by atoms with van der Waals surface area (Å²) in [4.78, 5) is 36.0. The number of nitrogens with one attached hydrogen (secondary N) is 2. The number of rotatable bonds is 5. The Balaban J connectivity index is 1.58. The van der Waals surface area contributed by atoms with Crippen LogP contribution in [-0.2, 0) is 6.54 Å². The summed E-state index contributed by atoms with van der Waals surface area (Å²) in [6, 6.07) is 1.37. The van der Waals surface area contributed by atoms with Gasteiger partial charge in [0, 0.05) is 6.04 Å². The van der Waals surface area contributed by atoms with Gasteiger partial charge in [-0.1, -0.05) is 12.8 Å². The van der Waals surface area contributed by atoms with Crippen LogP contribution in [0.2, 0.25) is 0 Å². The van der Waals surface area contributed by atoms with E-state index in [1.54, 1.807) is 13.0 Å². The number of nitrogens with zero attached hydrogens (tertiary/aromatic N) is 4. The van der Waals surface area contributed by atoms with Crippen LogP contribution in [0.25, 0.3) is 0 Å². The second kappa shape index (κ2) is 7.10. The van der Waals surface area contributed by atoms with Crippen molar-refractivity contribution in [2.24, 2.45) is 0 Å². The van der Waals surface area contributed by atoms with Gasteiger partial charge >= 0.3 is 0 Å². The van der Waals surface area contributed by atoms with Crippen LogP contribution in [0.5, 0.6) is 5.88 Å². The number of anilines is 1. The Morgan fingerprint density at radius 1 is 1.39 bits per heavy atom. The fraction of sp³-hybridized carbons (Fsp3) is 0.500. The molecule has 4 rings (SSSR count). The molecule has 1 saturated carbocycles. The molecule has 2 aromatic rings.